The molecule has 4 nitrogen and oxygen atoms in total. The normalized spacial score (nSPS) is 10.4. The van der Waals surface area contributed by atoms with Crippen LogP contribution < -0.4 is 5.43 Å². The van der Waals surface area contributed by atoms with Gasteiger partial charge in [-0.3, -0.25) is 9.78 Å². The van der Waals surface area contributed by atoms with Crippen LogP contribution in [-0.4, -0.2) is 17.1 Å². The summed E-state index contributed by atoms with van der Waals surface area (Å²) in [6, 6.07) is 3.63. The van der Waals surface area contributed by atoms with E-state index in [4.69, 9.17) is 0 Å². The van der Waals surface area contributed by atoms with Gasteiger partial charge in [0.1, 0.15) is 0 Å². The quantitative estimate of drug-likeness (QED) is 0.576. The van der Waals surface area contributed by atoms with Crippen molar-refractivity contribution in [2.45, 2.75) is 19.8 Å². The molecule has 1 rings (SSSR count). The Labute approximate surface area is 83.1 Å². The zero-order valence-electron chi connectivity index (χ0n) is 8.10. The summed E-state index contributed by atoms with van der Waals surface area (Å²) in [5.41, 5.74) is 3.36. The molecule has 74 valence electrons. The van der Waals surface area contributed by atoms with Gasteiger partial charge in [-0.1, -0.05) is 6.92 Å². The topological polar surface area (TPSA) is 54.4 Å². The predicted octanol–water partition coefficient (Wildman–Crippen LogP) is 1.33. The van der Waals surface area contributed by atoms with E-state index >= 15 is 0 Å². The van der Waals surface area contributed by atoms with Crippen LogP contribution in [-0.2, 0) is 4.79 Å². The molecule has 0 saturated heterocycles. The summed E-state index contributed by atoms with van der Waals surface area (Å²) in [4.78, 5) is 14.9. The SMILES string of the molecule is CCCC(=O)NN=Cc1ccncc1. The first-order valence-corrected chi connectivity index (χ1v) is 4.55. The molecule has 0 radical (unpaired) electrons. The lowest BCUT2D eigenvalue weighted by molar-refractivity contribution is -0.121. The van der Waals surface area contributed by atoms with Crippen molar-refractivity contribution in [3.05, 3.63) is 30.1 Å². The number of carbonyl (C=O) groups is 1. The Hall–Kier alpha value is -1.71. The van der Waals surface area contributed by atoms with Crippen molar-refractivity contribution in [2.75, 3.05) is 0 Å². The van der Waals surface area contributed by atoms with Crippen molar-refractivity contribution in [1.82, 2.24) is 10.4 Å². The van der Waals surface area contributed by atoms with Crippen LogP contribution in [0.3, 0.4) is 0 Å². The van der Waals surface area contributed by atoms with Gasteiger partial charge in [-0.2, -0.15) is 5.10 Å². The van der Waals surface area contributed by atoms with Crippen LogP contribution in [0.2, 0.25) is 0 Å². The summed E-state index contributed by atoms with van der Waals surface area (Å²) in [5.74, 6) is -0.0576. The Morgan fingerprint density at radius 1 is 1.57 bits per heavy atom. The van der Waals surface area contributed by atoms with Gasteiger partial charge in [0.25, 0.3) is 0 Å². The molecule has 1 heterocycles. The van der Waals surface area contributed by atoms with Crippen LogP contribution in [0, 0.1) is 0 Å². The Bertz CT molecular complexity index is 308. The summed E-state index contributed by atoms with van der Waals surface area (Å²) in [6.07, 6.45) is 6.28. The number of hydrazone groups is 1. The van der Waals surface area contributed by atoms with E-state index < -0.39 is 0 Å². The third kappa shape index (κ3) is 3.80. The number of aromatic nitrogens is 1. The van der Waals surface area contributed by atoms with E-state index in [0.29, 0.717) is 6.42 Å². The molecule has 0 spiro atoms. The molecule has 0 aliphatic rings. The number of hydrogen-bond donors (Lipinski definition) is 1. The molecule has 1 aromatic heterocycles. The highest BCUT2D eigenvalue weighted by Gasteiger charge is 1.94. The Kier molecular flexibility index (Phi) is 4.34. The van der Waals surface area contributed by atoms with Crippen LogP contribution in [0.4, 0.5) is 0 Å². The fourth-order valence-electron chi connectivity index (χ4n) is 0.911. The second-order valence-corrected chi connectivity index (χ2v) is 2.82. The highest BCUT2D eigenvalue weighted by atomic mass is 16.2. The summed E-state index contributed by atoms with van der Waals surface area (Å²) >= 11 is 0. The molecular weight excluding hydrogens is 178 g/mol. The molecule has 1 N–H and O–H groups in total. The largest absolute Gasteiger partial charge is 0.273 e. The Balaban J connectivity index is 2.38. The summed E-state index contributed by atoms with van der Waals surface area (Å²) in [5, 5.41) is 3.81. The van der Waals surface area contributed by atoms with Gasteiger partial charge in [0, 0.05) is 18.8 Å². The lowest BCUT2D eigenvalue weighted by atomic mass is 10.3. The van der Waals surface area contributed by atoms with Crippen molar-refractivity contribution >= 4 is 12.1 Å². The first-order valence-electron chi connectivity index (χ1n) is 4.55. The van der Waals surface area contributed by atoms with Crippen LogP contribution in [0.25, 0.3) is 0 Å². The second-order valence-electron chi connectivity index (χ2n) is 2.82. The minimum Gasteiger partial charge on any atom is -0.273 e. The Morgan fingerprint density at radius 2 is 2.29 bits per heavy atom. The van der Waals surface area contributed by atoms with E-state index in [1.165, 1.54) is 0 Å². The molecule has 4 heteroatoms. The van der Waals surface area contributed by atoms with Gasteiger partial charge in [-0.05, 0) is 24.1 Å². The number of pyridine rings is 1. The van der Waals surface area contributed by atoms with Crippen LogP contribution in [0.5, 0.6) is 0 Å². The standard InChI is InChI=1S/C10H13N3O/c1-2-3-10(14)13-12-8-9-4-6-11-7-5-9/h4-8H,2-3H2,1H3,(H,13,14). The van der Waals surface area contributed by atoms with Gasteiger partial charge in [-0.25, -0.2) is 5.43 Å². The number of hydrogen-bond acceptors (Lipinski definition) is 3. The number of rotatable bonds is 4. The van der Waals surface area contributed by atoms with Crippen molar-refractivity contribution in [2.24, 2.45) is 5.10 Å². The third-order valence-electron chi connectivity index (χ3n) is 1.59. The van der Waals surface area contributed by atoms with Crippen LogP contribution >= 0.6 is 0 Å². The van der Waals surface area contributed by atoms with E-state index in [9.17, 15) is 4.79 Å². The van der Waals surface area contributed by atoms with Gasteiger partial charge >= 0.3 is 0 Å². The van der Waals surface area contributed by atoms with Crippen LogP contribution in [0.15, 0.2) is 29.6 Å². The molecule has 0 atom stereocenters. The number of amides is 1. The smallest absolute Gasteiger partial charge is 0.240 e. The monoisotopic (exact) mass is 191 g/mol. The fraction of sp³-hybridized carbons (Fsp3) is 0.300. The van der Waals surface area contributed by atoms with E-state index in [2.05, 4.69) is 15.5 Å². The van der Waals surface area contributed by atoms with Gasteiger partial charge in [-0.15, -0.1) is 0 Å². The second kappa shape index (κ2) is 5.85. The average Bonchev–Trinajstić information content (AvgIpc) is 2.20. The number of carbonyl (C=O) groups excluding carboxylic acids is 1. The first kappa shape index (κ1) is 10.4. The Morgan fingerprint density at radius 3 is 2.93 bits per heavy atom. The number of nitrogens with one attached hydrogen (secondary N) is 1. The lowest BCUT2D eigenvalue weighted by Crippen LogP contribution is -2.16. The zero-order chi connectivity index (χ0) is 10.2. The molecule has 0 fully saturated rings. The van der Waals surface area contributed by atoms with Gasteiger partial charge in [0.15, 0.2) is 0 Å². The molecule has 14 heavy (non-hydrogen) atoms. The highest BCUT2D eigenvalue weighted by molar-refractivity contribution is 5.82. The number of nitrogens with zero attached hydrogens (tertiary/aromatic N) is 2. The maximum atomic E-state index is 11.0. The summed E-state index contributed by atoms with van der Waals surface area (Å²) in [6.45, 7) is 1.95. The lowest BCUT2D eigenvalue weighted by Gasteiger charge is -1.95. The molecule has 0 bridgehead atoms. The summed E-state index contributed by atoms with van der Waals surface area (Å²) in [7, 11) is 0. The average molecular weight is 191 g/mol. The van der Waals surface area contributed by atoms with Crippen molar-refractivity contribution in [1.29, 1.82) is 0 Å². The maximum absolute atomic E-state index is 11.0. The van der Waals surface area contributed by atoms with Crippen LogP contribution in [0.1, 0.15) is 25.3 Å². The molecular formula is C10H13N3O. The molecule has 1 aromatic rings. The molecule has 0 unspecified atom stereocenters. The molecule has 0 aliphatic heterocycles. The molecule has 0 saturated carbocycles. The summed E-state index contributed by atoms with van der Waals surface area (Å²) < 4.78 is 0. The fourth-order valence-corrected chi connectivity index (χ4v) is 0.911. The van der Waals surface area contributed by atoms with E-state index in [1.54, 1.807) is 18.6 Å². The van der Waals surface area contributed by atoms with Gasteiger partial charge in [0.2, 0.25) is 5.91 Å². The van der Waals surface area contributed by atoms with Crippen molar-refractivity contribution in [3.63, 3.8) is 0 Å². The minimum atomic E-state index is -0.0576. The van der Waals surface area contributed by atoms with E-state index in [0.717, 1.165) is 12.0 Å². The molecule has 0 aromatic carbocycles. The zero-order valence-corrected chi connectivity index (χ0v) is 8.10. The van der Waals surface area contributed by atoms with Gasteiger partial charge < -0.3 is 0 Å². The van der Waals surface area contributed by atoms with Crippen molar-refractivity contribution in [3.8, 4) is 0 Å². The van der Waals surface area contributed by atoms with E-state index in [-0.39, 0.29) is 5.91 Å². The maximum Gasteiger partial charge on any atom is 0.240 e. The first-order chi connectivity index (χ1) is 6.83. The predicted molar refractivity (Wildman–Crippen MR) is 54.9 cm³/mol. The molecule has 1 amide bonds. The molecule has 0 aliphatic carbocycles. The highest BCUT2D eigenvalue weighted by Crippen LogP contribution is 1.90. The third-order valence-corrected chi connectivity index (χ3v) is 1.59. The van der Waals surface area contributed by atoms with Crippen molar-refractivity contribution < 1.29 is 4.79 Å². The van der Waals surface area contributed by atoms with E-state index in [1.807, 2.05) is 19.1 Å². The minimum absolute atomic E-state index is 0.0576. The van der Waals surface area contributed by atoms with Gasteiger partial charge in [0.05, 0.1) is 6.21 Å².